The van der Waals surface area contributed by atoms with E-state index in [4.69, 9.17) is 26.3 Å². The van der Waals surface area contributed by atoms with Gasteiger partial charge in [-0.3, -0.25) is 0 Å². The first-order valence-electron chi connectivity index (χ1n) is 5.32. The van der Waals surface area contributed by atoms with Crippen LogP contribution in [-0.4, -0.2) is 12.1 Å². The Kier molecular flexibility index (Phi) is 4.86. The third kappa shape index (κ3) is 3.42. The van der Waals surface area contributed by atoms with Crippen molar-refractivity contribution >= 4 is 43.5 Å². The number of aromatic nitrogens is 1. The highest BCUT2D eigenvalue weighted by Crippen LogP contribution is 2.38. The lowest BCUT2D eigenvalue weighted by molar-refractivity contribution is 0.408. The van der Waals surface area contributed by atoms with Crippen molar-refractivity contribution < 1.29 is 9.47 Å². The monoisotopic (exact) mass is 416 g/mol. The van der Waals surface area contributed by atoms with Crippen LogP contribution in [0.3, 0.4) is 0 Å². The number of rotatable bonds is 3. The number of ether oxygens (including phenoxy) is 2. The van der Waals surface area contributed by atoms with E-state index in [0.717, 1.165) is 4.47 Å². The van der Waals surface area contributed by atoms with E-state index in [-0.39, 0.29) is 11.0 Å². The maximum absolute atomic E-state index is 8.89. The normalized spacial score (nSPS) is 9.95. The molecule has 2 rings (SSSR count). The fourth-order valence-corrected chi connectivity index (χ4v) is 2.54. The Bertz CT molecular complexity index is 702. The first-order valence-corrected chi connectivity index (χ1v) is 7.28. The van der Waals surface area contributed by atoms with Crippen molar-refractivity contribution in [2.45, 2.75) is 0 Å². The number of benzene rings is 1. The molecular formula is C13H7Br2ClN2O2. The molecule has 20 heavy (non-hydrogen) atoms. The summed E-state index contributed by atoms with van der Waals surface area (Å²) in [5.41, 5.74) is 0.378. The lowest BCUT2D eigenvalue weighted by atomic mass is 10.3. The molecule has 0 bridgehead atoms. The first-order chi connectivity index (χ1) is 9.53. The van der Waals surface area contributed by atoms with Crippen LogP contribution in [-0.2, 0) is 0 Å². The van der Waals surface area contributed by atoms with Gasteiger partial charge < -0.3 is 9.47 Å². The molecule has 0 aliphatic heterocycles. The van der Waals surface area contributed by atoms with Crippen LogP contribution in [0.1, 0.15) is 5.56 Å². The second-order valence-corrected chi connectivity index (χ2v) is 5.74. The van der Waals surface area contributed by atoms with Gasteiger partial charge in [0, 0.05) is 6.07 Å². The van der Waals surface area contributed by atoms with Gasteiger partial charge in [-0.2, -0.15) is 5.26 Å². The Balaban J connectivity index is 2.38. The molecule has 0 aliphatic rings. The van der Waals surface area contributed by atoms with Gasteiger partial charge in [0.05, 0.1) is 27.7 Å². The van der Waals surface area contributed by atoms with Crippen LogP contribution < -0.4 is 9.47 Å². The molecule has 0 atom stereocenters. The number of hydrogen-bond acceptors (Lipinski definition) is 4. The van der Waals surface area contributed by atoms with Gasteiger partial charge in [-0.15, -0.1) is 0 Å². The quantitative estimate of drug-likeness (QED) is 0.663. The van der Waals surface area contributed by atoms with Crippen molar-refractivity contribution in [3.05, 3.63) is 43.9 Å². The molecule has 1 aromatic carbocycles. The van der Waals surface area contributed by atoms with Gasteiger partial charge in [-0.05, 0) is 50.1 Å². The lowest BCUT2D eigenvalue weighted by Crippen LogP contribution is -1.92. The molecule has 1 heterocycles. The van der Waals surface area contributed by atoms with Crippen LogP contribution in [0.25, 0.3) is 0 Å². The summed E-state index contributed by atoms with van der Waals surface area (Å²) >= 11 is 12.6. The van der Waals surface area contributed by atoms with E-state index in [1.165, 1.54) is 12.1 Å². The molecule has 0 saturated carbocycles. The lowest BCUT2D eigenvalue weighted by Gasteiger charge is -2.10. The minimum absolute atomic E-state index is 0.197. The van der Waals surface area contributed by atoms with E-state index in [1.54, 1.807) is 19.2 Å². The van der Waals surface area contributed by atoms with Gasteiger partial charge in [0.2, 0.25) is 5.88 Å². The van der Waals surface area contributed by atoms with Crippen molar-refractivity contribution in [2.24, 2.45) is 0 Å². The molecule has 102 valence electrons. The third-order valence-electron chi connectivity index (χ3n) is 2.32. The Morgan fingerprint density at radius 3 is 2.45 bits per heavy atom. The van der Waals surface area contributed by atoms with Gasteiger partial charge >= 0.3 is 0 Å². The summed E-state index contributed by atoms with van der Waals surface area (Å²) in [6.07, 6.45) is 0. The maximum atomic E-state index is 8.89. The summed E-state index contributed by atoms with van der Waals surface area (Å²) in [6, 6.07) is 8.46. The van der Waals surface area contributed by atoms with Crippen molar-refractivity contribution in [1.29, 1.82) is 5.26 Å². The van der Waals surface area contributed by atoms with Gasteiger partial charge in [-0.25, -0.2) is 4.98 Å². The van der Waals surface area contributed by atoms with Crippen LogP contribution in [0.4, 0.5) is 0 Å². The Hall–Kier alpha value is -1.29. The number of pyridine rings is 1. The van der Waals surface area contributed by atoms with Gasteiger partial charge in [0.1, 0.15) is 16.7 Å². The highest BCUT2D eigenvalue weighted by atomic mass is 79.9. The summed E-state index contributed by atoms with van der Waals surface area (Å²) in [6.45, 7) is 0. The summed E-state index contributed by atoms with van der Waals surface area (Å²) in [4.78, 5) is 4.02. The molecule has 0 unspecified atom stereocenters. The molecule has 0 amide bonds. The molecular weight excluding hydrogens is 411 g/mol. The zero-order valence-corrected chi connectivity index (χ0v) is 14.1. The molecule has 4 nitrogen and oxygen atoms in total. The fourth-order valence-electron chi connectivity index (χ4n) is 1.45. The van der Waals surface area contributed by atoms with E-state index >= 15 is 0 Å². The molecule has 0 saturated heterocycles. The second kappa shape index (κ2) is 6.44. The maximum Gasteiger partial charge on any atom is 0.222 e. The third-order valence-corrected chi connectivity index (χ3v) is 3.75. The van der Waals surface area contributed by atoms with Crippen LogP contribution in [0.5, 0.6) is 17.4 Å². The average Bonchev–Trinajstić information content (AvgIpc) is 2.41. The second-order valence-electron chi connectivity index (χ2n) is 3.65. The smallest absolute Gasteiger partial charge is 0.222 e. The van der Waals surface area contributed by atoms with Crippen LogP contribution >= 0.6 is 43.5 Å². The molecule has 0 radical (unpaired) electrons. The molecule has 1 aromatic heterocycles. The van der Waals surface area contributed by atoms with Crippen molar-refractivity contribution in [3.8, 4) is 23.4 Å². The van der Waals surface area contributed by atoms with Gasteiger partial charge in [0.15, 0.2) is 0 Å². The molecule has 2 aromatic rings. The van der Waals surface area contributed by atoms with E-state index in [2.05, 4.69) is 36.8 Å². The Morgan fingerprint density at radius 1 is 1.15 bits per heavy atom. The predicted molar refractivity (Wildman–Crippen MR) is 82.4 cm³/mol. The predicted octanol–water partition coefficient (Wildman–Crippen LogP) is 4.93. The van der Waals surface area contributed by atoms with E-state index < -0.39 is 0 Å². The van der Waals surface area contributed by atoms with Crippen LogP contribution in [0.2, 0.25) is 5.15 Å². The summed E-state index contributed by atoms with van der Waals surface area (Å²) in [5, 5.41) is 9.09. The molecule has 0 fully saturated rings. The fraction of sp³-hybridized carbons (Fsp3) is 0.0769. The highest BCUT2D eigenvalue weighted by Gasteiger charge is 2.11. The van der Waals surface area contributed by atoms with E-state index in [0.29, 0.717) is 21.5 Å². The van der Waals surface area contributed by atoms with E-state index in [1.807, 2.05) is 6.07 Å². The molecule has 7 heteroatoms. The number of nitrogens with zero attached hydrogens (tertiary/aromatic N) is 2. The minimum atomic E-state index is 0.197. The Morgan fingerprint density at radius 2 is 1.80 bits per heavy atom. The summed E-state index contributed by atoms with van der Waals surface area (Å²) < 4.78 is 12.2. The summed E-state index contributed by atoms with van der Waals surface area (Å²) in [5.74, 6) is 1.43. The standard InChI is InChI=1S/C13H7Br2ClN2O2/c1-19-10-4-9(15)11(5-8(10)14)20-13-3-7(6-17)2-12(16)18-13/h2-5H,1H3. The van der Waals surface area contributed by atoms with Crippen LogP contribution in [0.15, 0.2) is 33.2 Å². The summed E-state index contributed by atoms with van der Waals surface area (Å²) in [7, 11) is 1.57. The SMILES string of the molecule is COc1cc(Br)c(Oc2cc(C#N)cc(Cl)n2)cc1Br. The topological polar surface area (TPSA) is 55.1 Å². The minimum Gasteiger partial charge on any atom is -0.496 e. The van der Waals surface area contributed by atoms with Crippen molar-refractivity contribution in [3.63, 3.8) is 0 Å². The zero-order chi connectivity index (χ0) is 14.7. The number of hydrogen-bond donors (Lipinski definition) is 0. The largest absolute Gasteiger partial charge is 0.496 e. The molecule has 0 aliphatic carbocycles. The number of halogens is 3. The van der Waals surface area contributed by atoms with Crippen LogP contribution in [0, 0.1) is 11.3 Å². The van der Waals surface area contributed by atoms with Crippen molar-refractivity contribution in [2.75, 3.05) is 7.11 Å². The van der Waals surface area contributed by atoms with E-state index in [9.17, 15) is 0 Å². The average molecular weight is 418 g/mol. The van der Waals surface area contributed by atoms with Crippen molar-refractivity contribution in [1.82, 2.24) is 4.98 Å². The van der Waals surface area contributed by atoms with Gasteiger partial charge in [0.25, 0.3) is 0 Å². The number of nitriles is 1. The molecule has 0 spiro atoms. The first kappa shape index (κ1) is 15.1. The molecule has 0 N–H and O–H groups in total. The number of methoxy groups -OCH3 is 1. The zero-order valence-electron chi connectivity index (χ0n) is 10.2. The Labute approximate surface area is 137 Å². The van der Waals surface area contributed by atoms with Gasteiger partial charge in [-0.1, -0.05) is 11.6 Å². The highest BCUT2D eigenvalue weighted by molar-refractivity contribution is 9.11.